The van der Waals surface area contributed by atoms with E-state index < -0.39 is 12.1 Å². The summed E-state index contributed by atoms with van der Waals surface area (Å²) in [4.78, 5) is 26.3. The second-order valence-electron chi connectivity index (χ2n) is 5.27. The molecule has 1 heterocycles. The Kier molecular flexibility index (Phi) is 4.79. The van der Waals surface area contributed by atoms with E-state index in [0.717, 1.165) is 0 Å². The van der Waals surface area contributed by atoms with E-state index in [1.165, 1.54) is 23.1 Å². The van der Waals surface area contributed by atoms with Crippen molar-refractivity contribution >= 4 is 23.2 Å². The van der Waals surface area contributed by atoms with E-state index in [-0.39, 0.29) is 24.0 Å². The van der Waals surface area contributed by atoms with Crippen LogP contribution in [0.4, 0.5) is 24.5 Å². The van der Waals surface area contributed by atoms with Crippen LogP contribution in [0.1, 0.15) is 0 Å². The number of ether oxygens (including phenoxy) is 1. The molecule has 1 aromatic rings. The van der Waals surface area contributed by atoms with Crippen LogP contribution in [0.3, 0.4) is 0 Å². The van der Waals surface area contributed by atoms with E-state index >= 15 is 0 Å². The number of rotatable bonds is 4. The number of halogens is 3. The smallest absolute Gasteiger partial charge is 0.471 e. The molecule has 0 spiro atoms. The van der Waals surface area contributed by atoms with Gasteiger partial charge in [0, 0.05) is 24.8 Å². The summed E-state index contributed by atoms with van der Waals surface area (Å²) >= 11 is 0. The maximum absolute atomic E-state index is 12.3. The van der Waals surface area contributed by atoms with Crippen molar-refractivity contribution in [3.05, 3.63) is 18.2 Å². The van der Waals surface area contributed by atoms with Gasteiger partial charge >= 0.3 is 12.1 Å². The number of fused-ring (bicyclic) bond motifs is 1. The second-order valence-corrected chi connectivity index (χ2v) is 5.27. The zero-order chi connectivity index (χ0) is 17.2. The average Bonchev–Trinajstić information content (AvgIpc) is 2.45. The fraction of sp³-hybridized carbons (Fsp3) is 0.429. The van der Waals surface area contributed by atoms with Gasteiger partial charge in [-0.25, -0.2) is 0 Å². The maximum atomic E-state index is 12.3. The fourth-order valence-electron chi connectivity index (χ4n) is 2.03. The third kappa shape index (κ3) is 4.13. The van der Waals surface area contributed by atoms with Crippen molar-refractivity contribution in [3.8, 4) is 5.75 Å². The second kappa shape index (κ2) is 6.45. The van der Waals surface area contributed by atoms with Crippen molar-refractivity contribution in [2.45, 2.75) is 6.18 Å². The minimum absolute atomic E-state index is 0.0482. The zero-order valence-corrected chi connectivity index (χ0v) is 12.6. The zero-order valence-electron chi connectivity index (χ0n) is 12.6. The fourth-order valence-corrected chi connectivity index (χ4v) is 2.03. The van der Waals surface area contributed by atoms with Crippen LogP contribution in [0.25, 0.3) is 0 Å². The first-order valence-corrected chi connectivity index (χ1v) is 6.78. The topological polar surface area (TPSA) is 61.9 Å². The van der Waals surface area contributed by atoms with E-state index in [0.29, 0.717) is 18.8 Å². The summed E-state index contributed by atoms with van der Waals surface area (Å²) in [5, 5.41) is 1.75. The molecule has 0 aliphatic carbocycles. The Morgan fingerprint density at radius 3 is 2.70 bits per heavy atom. The number of amides is 2. The highest BCUT2D eigenvalue weighted by molar-refractivity contribution is 5.99. The van der Waals surface area contributed by atoms with Gasteiger partial charge in [-0.1, -0.05) is 0 Å². The Balaban J connectivity index is 2.19. The van der Waals surface area contributed by atoms with Crippen molar-refractivity contribution in [2.75, 3.05) is 44.0 Å². The van der Waals surface area contributed by atoms with E-state index in [4.69, 9.17) is 4.74 Å². The van der Waals surface area contributed by atoms with Crippen LogP contribution in [0, 0.1) is 0 Å². The van der Waals surface area contributed by atoms with Crippen LogP contribution in [-0.4, -0.2) is 56.7 Å². The lowest BCUT2D eigenvalue weighted by atomic mass is 10.2. The van der Waals surface area contributed by atoms with Gasteiger partial charge in [0.2, 0.25) is 0 Å². The van der Waals surface area contributed by atoms with Crippen molar-refractivity contribution < 1.29 is 27.5 Å². The molecular weight excluding hydrogens is 315 g/mol. The predicted molar refractivity (Wildman–Crippen MR) is 77.5 cm³/mol. The van der Waals surface area contributed by atoms with Crippen molar-refractivity contribution in [3.63, 3.8) is 0 Å². The molecule has 0 radical (unpaired) electrons. The predicted octanol–water partition coefficient (Wildman–Crippen LogP) is 1.47. The summed E-state index contributed by atoms with van der Waals surface area (Å²) in [5.41, 5.74) is 0.418. The largest absolute Gasteiger partial charge is 0.481 e. The summed E-state index contributed by atoms with van der Waals surface area (Å²) < 4.78 is 42.0. The Morgan fingerprint density at radius 1 is 1.39 bits per heavy atom. The summed E-state index contributed by atoms with van der Waals surface area (Å²) in [6.07, 6.45) is -4.97. The monoisotopic (exact) mass is 331 g/mol. The maximum Gasteiger partial charge on any atom is 0.471 e. The first-order valence-electron chi connectivity index (χ1n) is 6.78. The molecule has 6 nitrogen and oxygen atoms in total. The Bertz CT molecular complexity index is 617. The lowest BCUT2D eigenvalue weighted by molar-refractivity contribution is -0.167. The quantitative estimate of drug-likeness (QED) is 0.908. The SMILES string of the molecule is CN(C)CCN1C(=O)COc2cc(NC(=O)C(F)(F)F)ccc21. The molecule has 9 heteroatoms. The van der Waals surface area contributed by atoms with Crippen LogP contribution in [-0.2, 0) is 9.59 Å². The van der Waals surface area contributed by atoms with E-state index in [1.807, 2.05) is 19.0 Å². The third-order valence-electron chi connectivity index (χ3n) is 3.19. The molecule has 0 saturated heterocycles. The lowest BCUT2D eigenvalue weighted by Crippen LogP contribution is -2.42. The van der Waals surface area contributed by atoms with Gasteiger partial charge in [0.05, 0.1) is 5.69 Å². The van der Waals surface area contributed by atoms with E-state index in [9.17, 15) is 22.8 Å². The molecule has 1 aliphatic heterocycles. The molecule has 1 N–H and O–H groups in total. The standard InChI is InChI=1S/C14H16F3N3O3/c1-19(2)5-6-20-10-4-3-9(18-13(22)14(15,16)17)7-11(10)23-8-12(20)21/h3-4,7H,5-6,8H2,1-2H3,(H,18,22). The van der Waals surface area contributed by atoms with Crippen LogP contribution in [0.5, 0.6) is 5.75 Å². The number of alkyl halides is 3. The average molecular weight is 331 g/mol. The van der Waals surface area contributed by atoms with Gasteiger partial charge in [-0.05, 0) is 26.2 Å². The van der Waals surface area contributed by atoms with Gasteiger partial charge in [0.1, 0.15) is 5.75 Å². The molecule has 0 saturated carbocycles. The number of hydrogen-bond donors (Lipinski definition) is 1. The molecule has 126 valence electrons. The minimum atomic E-state index is -4.97. The Labute approximate surface area is 130 Å². The normalized spacial score (nSPS) is 14.5. The summed E-state index contributed by atoms with van der Waals surface area (Å²) in [6.45, 7) is 0.852. The van der Waals surface area contributed by atoms with Crippen LogP contribution >= 0.6 is 0 Å². The molecule has 0 unspecified atom stereocenters. The van der Waals surface area contributed by atoms with Gasteiger partial charge in [-0.3, -0.25) is 9.59 Å². The number of likely N-dealkylation sites (N-methyl/N-ethyl adjacent to an activating group) is 1. The molecule has 2 amide bonds. The van der Waals surface area contributed by atoms with Crippen molar-refractivity contribution in [1.82, 2.24) is 4.90 Å². The van der Waals surface area contributed by atoms with Crippen molar-refractivity contribution in [1.29, 1.82) is 0 Å². The molecule has 0 fully saturated rings. The molecular formula is C14H16F3N3O3. The highest BCUT2D eigenvalue weighted by Gasteiger charge is 2.39. The Hall–Kier alpha value is -2.29. The summed E-state index contributed by atoms with van der Waals surface area (Å²) in [6, 6.07) is 4.02. The highest BCUT2D eigenvalue weighted by atomic mass is 19.4. The number of hydrogen-bond acceptors (Lipinski definition) is 4. The first-order chi connectivity index (χ1) is 10.7. The van der Waals surface area contributed by atoms with E-state index in [1.54, 1.807) is 5.32 Å². The molecule has 0 aromatic heterocycles. The number of nitrogens with one attached hydrogen (secondary N) is 1. The molecule has 23 heavy (non-hydrogen) atoms. The van der Waals surface area contributed by atoms with Gasteiger partial charge in [0.15, 0.2) is 6.61 Å². The van der Waals surface area contributed by atoms with Gasteiger partial charge in [0.25, 0.3) is 5.91 Å². The number of nitrogens with zero attached hydrogens (tertiary/aromatic N) is 2. The number of carbonyl (C=O) groups excluding carboxylic acids is 2. The number of carbonyl (C=O) groups is 2. The van der Waals surface area contributed by atoms with E-state index in [2.05, 4.69) is 0 Å². The third-order valence-corrected chi connectivity index (χ3v) is 3.19. The summed E-state index contributed by atoms with van der Waals surface area (Å²) in [5.74, 6) is -2.04. The molecule has 2 rings (SSSR count). The van der Waals surface area contributed by atoms with Gasteiger partial charge in [-0.15, -0.1) is 0 Å². The number of anilines is 2. The minimum Gasteiger partial charge on any atom is -0.481 e. The molecule has 0 bridgehead atoms. The number of benzene rings is 1. The van der Waals surface area contributed by atoms with Crippen LogP contribution in [0.15, 0.2) is 18.2 Å². The highest BCUT2D eigenvalue weighted by Crippen LogP contribution is 2.34. The molecule has 1 aromatic carbocycles. The lowest BCUT2D eigenvalue weighted by Gasteiger charge is -2.30. The molecule has 1 aliphatic rings. The Morgan fingerprint density at radius 2 is 2.09 bits per heavy atom. The van der Waals surface area contributed by atoms with Gasteiger partial charge < -0.3 is 19.9 Å². The summed E-state index contributed by atoms with van der Waals surface area (Å²) in [7, 11) is 3.73. The molecule has 0 atom stereocenters. The van der Waals surface area contributed by atoms with Crippen molar-refractivity contribution in [2.24, 2.45) is 0 Å². The van der Waals surface area contributed by atoms with Gasteiger partial charge in [-0.2, -0.15) is 13.2 Å². The first kappa shape index (κ1) is 17.1. The van der Waals surface area contributed by atoms with Crippen LogP contribution < -0.4 is 15.0 Å². The van der Waals surface area contributed by atoms with Crippen LogP contribution in [0.2, 0.25) is 0 Å².